The van der Waals surface area contributed by atoms with E-state index in [2.05, 4.69) is 21.2 Å². The van der Waals surface area contributed by atoms with Gasteiger partial charge in [-0.25, -0.2) is 0 Å². The Bertz CT molecular complexity index is 455. The van der Waals surface area contributed by atoms with Crippen LogP contribution in [0.15, 0.2) is 22.7 Å². The van der Waals surface area contributed by atoms with Gasteiger partial charge in [-0.05, 0) is 36.6 Å². The number of hydrogen-bond acceptors (Lipinski definition) is 1. The lowest BCUT2D eigenvalue weighted by Gasteiger charge is -2.31. The first-order valence-electron chi connectivity index (χ1n) is 7.01. The molecule has 1 nitrogen and oxygen atoms in total. The van der Waals surface area contributed by atoms with E-state index in [4.69, 9.17) is 0 Å². The normalized spacial score (nSPS) is 17.9. The Morgan fingerprint density at radius 1 is 1.35 bits per heavy atom. The molecule has 0 aromatic heterocycles. The van der Waals surface area contributed by atoms with E-state index in [1.165, 1.54) is 12.5 Å². The second-order valence-corrected chi connectivity index (χ2v) is 6.29. The van der Waals surface area contributed by atoms with E-state index in [-0.39, 0.29) is 6.04 Å². The van der Waals surface area contributed by atoms with Crippen molar-refractivity contribution in [3.8, 4) is 0 Å². The molecule has 0 heterocycles. The van der Waals surface area contributed by atoms with Crippen molar-refractivity contribution in [2.45, 2.75) is 44.8 Å². The Labute approximate surface area is 126 Å². The largest absolute Gasteiger partial charge is 0.416 e. The Morgan fingerprint density at radius 3 is 2.55 bits per heavy atom. The highest BCUT2D eigenvalue weighted by molar-refractivity contribution is 9.10. The molecule has 1 aliphatic carbocycles. The van der Waals surface area contributed by atoms with Crippen LogP contribution in [0.5, 0.6) is 0 Å². The third kappa shape index (κ3) is 3.76. The molecule has 0 aliphatic heterocycles. The van der Waals surface area contributed by atoms with Crippen molar-refractivity contribution in [2.24, 2.45) is 5.92 Å². The van der Waals surface area contributed by atoms with E-state index in [1.54, 1.807) is 12.1 Å². The fraction of sp³-hybridized carbons (Fsp3) is 0.600. The lowest BCUT2D eigenvalue weighted by molar-refractivity contribution is -0.138. The van der Waals surface area contributed by atoms with Crippen molar-refractivity contribution in [2.75, 3.05) is 6.54 Å². The summed E-state index contributed by atoms with van der Waals surface area (Å²) in [6.45, 7) is 2.60. The minimum atomic E-state index is -4.31. The molecular weight excluding hydrogens is 331 g/mol. The number of alkyl halides is 3. The van der Waals surface area contributed by atoms with Crippen LogP contribution in [0.2, 0.25) is 0 Å². The lowest BCUT2D eigenvalue weighted by Crippen LogP contribution is -2.28. The Morgan fingerprint density at radius 2 is 2.05 bits per heavy atom. The van der Waals surface area contributed by atoms with E-state index in [1.807, 2.05) is 6.92 Å². The Kier molecular flexibility index (Phi) is 5.13. The van der Waals surface area contributed by atoms with E-state index in [9.17, 15) is 13.2 Å². The van der Waals surface area contributed by atoms with Crippen LogP contribution in [-0.2, 0) is 6.18 Å². The maximum absolute atomic E-state index is 13.2. The smallest absolute Gasteiger partial charge is 0.310 e. The summed E-state index contributed by atoms with van der Waals surface area (Å²) in [6.07, 6.45) is -0.0412. The van der Waals surface area contributed by atoms with Gasteiger partial charge in [-0.1, -0.05) is 48.2 Å². The van der Waals surface area contributed by atoms with Gasteiger partial charge < -0.3 is 5.32 Å². The van der Waals surface area contributed by atoms with Gasteiger partial charge in [0.25, 0.3) is 0 Å². The zero-order chi connectivity index (χ0) is 14.8. The molecule has 1 fully saturated rings. The van der Waals surface area contributed by atoms with Gasteiger partial charge >= 0.3 is 6.18 Å². The molecule has 0 radical (unpaired) electrons. The molecular formula is C15H19BrF3N. The molecule has 1 aromatic carbocycles. The minimum absolute atomic E-state index is 0.213. The Balaban J connectivity index is 2.30. The van der Waals surface area contributed by atoms with Gasteiger partial charge in [0, 0.05) is 10.5 Å². The fourth-order valence-corrected chi connectivity index (χ4v) is 3.07. The van der Waals surface area contributed by atoms with Crippen LogP contribution in [0.25, 0.3) is 0 Å². The van der Waals surface area contributed by atoms with Crippen molar-refractivity contribution in [1.82, 2.24) is 5.32 Å². The van der Waals surface area contributed by atoms with Crippen LogP contribution < -0.4 is 5.32 Å². The molecule has 1 atom stereocenters. The predicted molar refractivity (Wildman–Crippen MR) is 77.5 cm³/mol. The number of halogens is 4. The molecule has 20 heavy (non-hydrogen) atoms. The highest BCUT2D eigenvalue weighted by Crippen LogP contribution is 2.40. The van der Waals surface area contributed by atoms with Gasteiger partial charge in [0.2, 0.25) is 0 Å². The summed E-state index contributed by atoms with van der Waals surface area (Å²) >= 11 is 3.13. The maximum Gasteiger partial charge on any atom is 0.416 e. The monoisotopic (exact) mass is 349 g/mol. The first kappa shape index (κ1) is 15.8. The van der Waals surface area contributed by atoms with Gasteiger partial charge in [0.05, 0.1) is 5.56 Å². The van der Waals surface area contributed by atoms with Gasteiger partial charge in [0.1, 0.15) is 0 Å². The van der Waals surface area contributed by atoms with Crippen LogP contribution in [0, 0.1) is 5.92 Å². The Hall–Kier alpha value is -0.550. The minimum Gasteiger partial charge on any atom is -0.310 e. The molecule has 0 saturated heterocycles. The van der Waals surface area contributed by atoms with Crippen molar-refractivity contribution in [1.29, 1.82) is 0 Å². The molecule has 1 unspecified atom stereocenters. The average molecular weight is 350 g/mol. The topological polar surface area (TPSA) is 12.0 Å². The van der Waals surface area contributed by atoms with Crippen LogP contribution in [0.3, 0.4) is 0 Å². The molecule has 1 aromatic rings. The van der Waals surface area contributed by atoms with Crippen LogP contribution in [0.1, 0.15) is 49.8 Å². The van der Waals surface area contributed by atoms with Gasteiger partial charge in [-0.15, -0.1) is 0 Å². The highest BCUT2D eigenvalue weighted by Gasteiger charge is 2.36. The molecule has 0 amide bonds. The molecule has 0 bridgehead atoms. The van der Waals surface area contributed by atoms with Gasteiger partial charge in [-0.3, -0.25) is 0 Å². The molecule has 1 saturated carbocycles. The first-order chi connectivity index (χ1) is 9.41. The van der Waals surface area contributed by atoms with E-state index >= 15 is 0 Å². The molecule has 5 heteroatoms. The second-order valence-electron chi connectivity index (χ2n) is 5.37. The zero-order valence-corrected chi connectivity index (χ0v) is 13.0. The average Bonchev–Trinajstić information content (AvgIpc) is 2.31. The highest BCUT2D eigenvalue weighted by atomic mass is 79.9. The maximum atomic E-state index is 13.2. The van der Waals surface area contributed by atoms with E-state index < -0.39 is 11.7 Å². The standard InChI is InChI=1S/C15H19BrF3N/c1-2-20-14(8-10-4-3-5-10)12-7-6-11(16)9-13(12)15(17,18)19/h6-7,9-10,14,20H,2-5,8H2,1H3. The van der Waals surface area contributed by atoms with E-state index in [0.29, 0.717) is 22.5 Å². The molecule has 112 valence electrons. The summed E-state index contributed by atoms with van der Waals surface area (Å²) in [5.74, 6) is 0.559. The quantitative estimate of drug-likeness (QED) is 0.759. The van der Waals surface area contributed by atoms with Gasteiger partial charge in [-0.2, -0.15) is 13.2 Å². The van der Waals surface area contributed by atoms with Crippen molar-refractivity contribution in [3.63, 3.8) is 0 Å². The van der Waals surface area contributed by atoms with Crippen LogP contribution in [-0.4, -0.2) is 6.54 Å². The van der Waals surface area contributed by atoms with Crippen LogP contribution in [0.4, 0.5) is 13.2 Å². The predicted octanol–water partition coefficient (Wildman–Crippen LogP) is 5.31. The number of nitrogens with one attached hydrogen (secondary N) is 1. The molecule has 2 rings (SSSR count). The van der Waals surface area contributed by atoms with Crippen molar-refractivity contribution in [3.05, 3.63) is 33.8 Å². The summed E-state index contributed by atoms with van der Waals surface area (Å²) < 4.78 is 40.1. The number of benzene rings is 1. The first-order valence-corrected chi connectivity index (χ1v) is 7.81. The van der Waals surface area contributed by atoms with Crippen LogP contribution >= 0.6 is 15.9 Å². The van der Waals surface area contributed by atoms with E-state index in [0.717, 1.165) is 19.3 Å². The molecule has 1 aliphatic rings. The summed E-state index contributed by atoms with van der Waals surface area (Å²) in [6, 6.07) is 4.25. The summed E-state index contributed by atoms with van der Waals surface area (Å²) in [7, 11) is 0. The summed E-state index contributed by atoms with van der Waals surface area (Å²) in [5.41, 5.74) is -0.161. The molecule has 1 N–H and O–H groups in total. The molecule has 0 spiro atoms. The van der Waals surface area contributed by atoms with Crippen molar-refractivity contribution >= 4 is 15.9 Å². The SMILES string of the molecule is CCNC(CC1CCC1)c1ccc(Br)cc1C(F)(F)F. The fourth-order valence-electron chi connectivity index (χ4n) is 2.71. The van der Waals surface area contributed by atoms with Crippen molar-refractivity contribution < 1.29 is 13.2 Å². The third-order valence-electron chi connectivity index (χ3n) is 3.94. The zero-order valence-electron chi connectivity index (χ0n) is 11.4. The number of hydrogen-bond donors (Lipinski definition) is 1. The number of rotatable bonds is 5. The third-order valence-corrected chi connectivity index (χ3v) is 4.43. The lowest BCUT2D eigenvalue weighted by atomic mass is 9.79. The van der Waals surface area contributed by atoms with Gasteiger partial charge in [0.15, 0.2) is 0 Å². The second kappa shape index (κ2) is 6.48. The summed E-state index contributed by atoms with van der Waals surface area (Å²) in [5, 5.41) is 3.21. The summed E-state index contributed by atoms with van der Waals surface area (Å²) in [4.78, 5) is 0.